The van der Waals surface area contributed by atoms with Crippen LogP contribution in [0, 0.1) is 6.92 Å². The van der Waals surface area contributed by atoms with Crippen LogP contribution in [-0.2, 0) is 0 Å². The van der Waals surface area contributed by atoms with Crippen molar-refractivity contribution in [2.45, 2.75) is 6.92 Å². The Kier molecular flexibility index (Phi) is 3.07. The number of aromatic amines is 1. The molecule has 0 bridgehead atoms. The van der Waals surface area contributed by atoms with Crippen molar-refractivity contribution in [1.82, 2.24) is 29.7 Å². The zero-order valence-corrected chi connectivity index (χ0v) is 11.1. The van der Waals surface area contributed by atoms with E-state index in [0.717, 1.165) is 5.82 Å². The fourth-order valence-electron chi connectivity index (χ4n) is 1.79. The van der Waals surface area contributed by atoms with Crippen LogP contribution in [0.2, 0.25) is 0 Å². The number of rotatable bonds is 3. The van der Waals surface area contributed by atoms with Gasteiger partial charge in [-0.2, -0.15) is 4.98 Å². The Bertz CT molecular complexity index is 773. The highest BCUT2D eigenvalue weighted by atomic mass is 16.2. The molecule has 0 radical (unpaired) electrons. The van der Waals surface area contributed by atoms with Crippen molar-refractivity contribution in [1.29, 1.82) is 0 Å². The van der Waals surface area contributed by atoms with Gasteiger partial charge in [-0.15, -0.1) is 5.10 Å². The molecule has 0 aliphatic carbocycles. The fraction of sp³-hybridized carbons (Fsp3) is 0.0833. The van der Waals surface area contributed by atoms with E-state index >= 15 is 0 Å². The van der Waals surface area contributed by atoms with Crippen LogP contribution >= 0.6 is 0 Å². The quantitative estimate of drug-likeness (QED) is 0.643. The molecule has 3 heterocycles. The van der Waals surface area contributed by atoms with Gasteiger partial charge in [-0.25, -0.2) is 9.97 Å². The Hall–Kier alpha value is -3.23. The molecule has 0 aromatic carbocycles. The molecular weight excluding hydrogens is 272 g/mol. The lowest BCUT2D eigenvalue weighted by Gasteiger charge is -2.06. The minimum absolute atomic E-state index is 0.0178. The Morgan fingerprint density at radius 2 is 2.24 bits per heavy atom. The van der Waals surface area contributed by atoms with Crippen LogP contribution in [0.3, 0.4) is 0 Å². The number of nitrogens with one attached hydrogen (secondary N) is 2. The molecule has 0 saturated heterocycles. The van der Waals surface area contributed by atoms with Gasteiger partial charge in [-0.1, -0.05) is 0 Å². The summed E-state index contributed by atoms with van der Waals surface area (Å²) < 4.78 is 1.84. The van der Waals surface area contributed by atoms with E-state index in [4.69, 9.17) is 5.73 Å². The van der Waals surface area contributed by atoms with Gasteiger partial charge in [0.1, 0.15) is 11.6 Å². The normalized spacial score (nSPS) is 10.5. The van der Waals surface area contributed by atoms with E-state index in [-0.39, 0.29) is 11.8 Å². The standard InChI is InChI=1S/C12H12N8O/c1-7-14-4-5-20(7)9-3-2-8(6-15-9)16-11(21)10-17-12(13)19-18-10/h2-6H,1H3,(H,16,21)(H3,13,17,18,19). The molecule has 9 nitrogen and oxygen atoms in total. The first-order valence-corrected chi connectivity index (χ1v) is 6.09. The van der Waals surface area contributed by atoms with Gasteiger partial charge in [0, 0.05) is 12.4 Å². The van der Waals surface area contributed by atoms with E-state index in [1.54, 1.807) is 24.5 Å². The molecule has 106 valence electrons. The molecule has 0 fully saturated rings. The molecule has 0 aliphatic rings. The van der Waals surface area contributed by atoms with Gasteiger partial charge < -0.3 is 11.1 Å². The number of anilines is 2. The Balaban J connectivity index is 1.76. The van der Waals surface area contributed by atoms with Crippen molar-refractivity contribution >= 4 is 17.5 Å². The van der Waals surface area contributed by atoms with Crippen LogP contribution in [-0.4, -0.2) is 35.6 Å². The van der Waals surface area contributed by atoms with Crippen LogP contribution in [0.25, 0.3) is 5.82 Å². The number of imidazole rings is 1. The number of pyridine rings is 1. The number of carbonyl (C=O) groups is 1. The van der Waals surface area contributed by atoms with Crippen molar-refractivity contribution < 1.29 is 4.79 Å². The number of hydrogen-bond donors (Lipinski definition) is 3. The molecule has 3 rings (SSSR count). The molecule has 0 spiro atoms. The average Bonchev–Trinajstić information content (AvgIpc) is 3.08. The zero-order valence-electron chi connectivity index (χ0n) is 11.1. The maximum absolute atomic E-state index is 11.9. The molecule has 0 atom stereocenters. The minimum atomic E-state index is -0.437. The Labute approximate surface area is 119 Å². The second-order valence-corrected chi connectivity index (χ2v) is 4.25. The molecule has 0 saturated carbocycles. The average molecular weight is 284 g/mol. The molecule has 3 aromatic heterocycles. The van der Waals surface area contributed by atoms with Crippen molar-refractivity contribution in [2.24, 2.45) is 0 Å². The van der Waals surface area contributed by atoms with Crippen LogP contribution in [0.5, 0.6) is 0 Å². The lowest BCUT2D eigenvalue weighted by molar-refractivity contribution is 0.101. The third-order valence-corrected chi connectivity index (χ3v) is 2.80. The molecule has 0 aliphatic heterocycles. The predicted molar refractivity (Wildman–Crippen MR) is 74.8 cm³/mol. The Morgan fingerprint density at radius 1 is 1.38 bits per heavy atom. The van der Waals surface area contributed by atoms with Gasteiger partial charge in [-0.3, -0.25) is 14.5 Å². The summed E-state index contributed by atoms with van der Waals surface area (Å²) in [5.41, 5.74) is 5.88. The van der Waals surface area contributed by atoms with Crippen LogP contribution < -0.4 is 11.1 Å². The zero-order chi connectivity index (χ0) is 14.8. The lowest BCUT2D eigenvalue weighted by atomic mass is 10.4. The largest absolute Gasteiger partial charge is 0.366 e. The predicted octanol–water partition coefficient (Wildman–Crippen LogP) is 0.528. The number of hydrogen-bond acceptors (Lipinski definition) is 6. The van der Waals surface area contributed by atoms with E-state index in [9.17, 15) is 4.79 Å². The summed E-state index contributed by atoms with van der Waals surface area (Å²) in [4.78, 5) is 24.0. The fourth-order valence-corrected chi connectivity index (χ4v) is 1.79. The van der Waals surface area contributed by atoms with Crippen molar-refractivity contribution in [3.05, 3.63) is 42.4 Å². The van der Waals surface area contributed by atoms with Crippen LogP contribution in [0.1, 0.15) is 16.4 Å². The highest BCUT2D eigenvalue weighted by Crippen LogP contribution is 2.12. The number of aryl methyl sites for hydroxylation is 1. The molecule has 1 amide bonds. The summed E-state index contributed by atoms with van der Waals surface area (Å²) in [6, 6.07) is 3.51. The van der Waals surface area contributed by atoms with Gasteiger partial charge in [0.25, 0.3) is 5.91 Å². The number of amides is 1. The Morgan fingerprint density at radius 3 is 2.81 bits per heavy atom. The first-order valence-electron chi connectivity index (χ1n) is 6.09. The number of nitrogens with zero attached hydrogens (tertiary/aromatic N) is 5. The molecular formula is C12H12N8O. The highest BCUT2D eigenvalue weighted by Gasteiger charge is 2.11. The van der Waals surface area contributed by atoms with Gasteiger partial charge in [-0.05, 0) is 19.1 Å². The van der Waals surface area contributed by atoms with Crippen molar-refractivity contribution in [3.63, 3.8) is 0 Å². The van der Waals surface area contributed by atoms with E-state index < -0.39 is 5.91 Å². The third kappa shape index (κ3) is 2.56. The maximum Gasteiger partial charge on any atom is 0.293 e. The summed E-state index contributed by atoms with van der Waals surface area (Å²) in [7, 11) is 0. The monoisotopic (exact) mass is 284 g/mol. The molecule has 0 unspecified atom stereocenters. The van der Waals surface area contributed by atoms with Crippen molar-refractivity contribution in [2.75, 3.05) is 11.1 Å². The van der Waals surface area contributed by atoms with Gasteiger partial charge in [0.05, 0.1) is 11.9 Å². The maximum atomic E-state index is 11.9. The smallest absolute Gasteiger partial charge is 0.293 e. The summed E-state index contributed by atoms with van der Waals surface area (Å²) in [5, 5.41) is 8.67. The van der Waals surface area contributed by atoms with Crippen LogP contribution in [0.4, 0.5) is 11.6 Å². The van der Waals surface area contributed by atoms with Gasteiger partial charge >= 0.3 is 0 Å². The molecule has 4 N–H and O–H groups in total. The first kappa shape index (κ1) is 12.8. The molecule has 9 heteroatoms. The van der Waals surface area contributed by atoms with E-state index in [0.29, 0.717) is 11.5 Å². The van der Waals surface area contributed by atoms with Crippen LogP contribution in [0.15, 0.2) is 30.7 Å². The number of nitrogens with two attached hydrogens (primary N) is 1. The lowest BCUT2D eigenvalue weighted by Crippen LogP contribution is -2.14. The summed E-state index contributed by atoms with van der Waals surface area (Å²) in [5.74, 6) is 1.17. The van der Waals surface area contributed by atoms with E-state index in [1.165, 1.54) is 0 Å². The van der Waals surface area contributed by atoms with Gasteiger partial charge in [0.15, 0.2) is 0 Å². The summed E-state index contributed by atoms with van der Waals surface area (Å²) >= 11 is 0. The number of H-pyrrole nitrogens is 1. The highest BCUT2D eigenvalue weighted by molar-refractivity contribution is 6.01. The summed E-state index contributed by atoms with van der Waals surface area (Å²) in [6.07, 6.45) is 5.06. The number of aromatic nitrogens is 6. The van der Waals surface area contributed by atoms with E-state index in [2.05, 4.69) is 30.5 Å². The minimum Gasteiger partial charge on any atom is -0.366 e. The SMILES string of the molecule is Cc1nccn1-c1ccc(NC(=O)c2nc(N)n[nH]2)cn1. The van der Waals surface area contributed by atoms with Crippen molar-refractivity contribution in [3.8, 4) is 5.82 Å². The molecule has 3 aromatic rings. The number of carbonyl (C=O) groups excluding carboxylic acids is 1. The topological polar surface area (TPSA) is 127 Å². The second kappa shape index (κ2) is 5.04. The molecule has 21 heavy (non-hydrogen) atoms. The number of nitrogen functional groups attached to an aromatic ring is 1. The summed E-state index contributed by atoms with van der Waals surface area (Å²) in [6.45, 7) is 1.88. The van der Waals surface area contributed by atoms with E-state index in [1.807, 2.05) is 17.7 Å². The first-order chi connectivity index (χ1) is 10.1. The van der Waals surface area contributed by atoms with Gasteiger partial charge in [0.2, 0.25) is 11.8 Å². The third-order valence-electron chi connectivity index (χ3n) is 2.80. The second-order valence-electron chi connectivity index (χ2n) is 4.25.